The highest BCUT2D eigenvalue weighted by atomic mass is 16.7. The predicted octanol–water partition coefficient (Wildman–Crippen LogP) is 5.80. The second-order valence-electron chi connectivity index (χ2n) is 10.3. The standard InChI is InChI=1S/C32H34N2O6/c35-32(36)26-7-2-4-9-29(26)38-19-17-33-15-12-23(13-16-33)27-21-34(28-8-3-1-6-25(27)28)14-5-18-37-24-10-11-30-31(20-24)40-22-39-30/h1-4,6-11,20-21,23H,5,12-19,22H2,(H,35,36). The van der Waals surface area contributed by atoms with Gasteiger partial charge < -0.3 is 28.6 Å². The molecule has 1 fully saturated rings. The van der Waals surface area contributed by atoms with Crippen LogP contribution in [0.2, 0.25) is 0 Å². The number of piperidine rings is 1. The summed E-state index contributed by atoms with van der Waals surface area (Å²) < 4.78 is 25.0. The number of carboxylic acids is 1. The molecule has 0 saturated carbocycles. The Morgan fingerprint density at radius 2 is 1.70 bits per heavy atom. The van der Waals surface area contributed by atoms with Crippen molar-refractivity contribution in [1.29, 1.82) is 0 Å². The van der Waals surface area contributed by atoms with E-state index in [1.54, 1.807) is 24.3 Å². The zero-order valence-electron chi connectivity index (χ0n) is 22.5. The maximum atomic E-state index is 11.4. The van der Waals surface area contributed by atoms with Crippen LogP contribution in [0.5, 0.6) is 23.0 Å². The van der Waals surface area contributed by atoms with E-state index in [2.05, 4.69) is 39.9 Å². The lowest BCUT2D eigenvalue weighted by Gasteiger charge is -2.31. The van der Waals surface area contributed by atoms with Crippen LogP contribution in [-0.2, 0) is 6.54 Å². The van der Waals surface area contributed by atoms with Gasteiger partial charge in [-0.2, -0.15) is 0 Å². The lowest BCUT2D eigenvalue weighted by Crippen LogP contribution is -2.35. The van der Waals surface area contributed by atoms with Crippen LogP contribution >= 0.6 is 0 Å². The third-order valence-electron chi connectivity index (χ3n) is 7.79. The van der Waals surface area contributed by atoms with Gasteiger partial charge in [-0.1, -0.05) is 30.3 Å². The third-order valence-corrected chi connectivity index (χ3v) is 7.79. The SMILES string of the molecule is O=C(O)c1ccccc1OCCN1CCC(c2cn(CCCOc3ccc4c(c3)OCO4)c3ccccc23)CC1. The molecule has 4 aromatic rings. The highest BCUT2D eigenvalue weighted by Crippen LogP contribution is 2.36. The highest BCUT2D eigenvalue weighted by Gasteiger charge is 2.24. The van der Waals surface area contributed by atoms with E-state index in [1.165, 1.54) is 16.5 Å². The van der Waals surface area contributed by atoms with E-state index < -0.39 is 5.97 Å². The van der Waals surface area contributed by atoms with Crippen molar-refractivity contribution in [3.63, 3.8) is 0 Å². The Balaban J connectivity index is 1.01. The first-order chi connectivity index (χ1) is 19.7. The molecule has 1 saturated heterocycles. The van der Waals surface area contributed by atoms with E-state index in [1.807, 2.05) is 18.2 Å². The number of aryl methyl sites for hydroxylation is 1. The number of carbonyl (C=O) groups is 1. The molecule has 0 bridgehead atoms. The molecule has 1 aromatic heterocycles. The Labute approximate surface area is 233 Å². The van der Waals surface area contributed by atoms with Crippen LogP contribution in [0.4, 0.5) is 0 Å². The van der Waals surface area contributed by atoms with Crippen molar-refractivity contribution in [2.75, 3.05) is 39.6 Å². The van der Waals surface area contributed by atoms with Crippen molar-refractivity contribution in [1.82, 2.24) is 9.47 Å². The number of nitrogens with zero attached hydrogens (tertiary/aromatic N) is 2. The van der Waals surface area contributed by atoms with Gasteiger partial charge in [0.05, 0.1) is 6.61 Å². The number of hydrogen-bond acceptors (Lipinski definition) is 6. The topological polar surface area (TPSA) is 82.4 Å². The molecule has 8 heteroatoms. The average Bonchev–Trinajstić information content (AvgIpc) is 3.60. The molecule has 1 N–H and O–H groups in total. The van der Waals surface area contributed by atoms with Crippen LogP contribution in [0.25, 0.3) is 10.9 Å². The van der Waals surface area contributed by atoms with E-state index in [9.17, 15) is 9.90 Å². The minimum atomic E-state index is -0.965. The molecule has 0 radical (unpaired) electrons. The lowest BCUT2D eigenvalue weighted by molar-refractivity contribution is 0.0691. The number of aromatic nitrogens is 1. The van der Waals surface area contributed by atoms with Crippen LogP contribution in [0.3, 0.4) is 0 Å². The quantitative estimate of drug-likeness (QED) is 0.240. The zero-order valence-corrected chi connectivity index (χ0v) is 22.5. The summed E-state index contributed by atoms with van der Waals surface area (Å²) in [6.07, 6.45) is 5.42. The van der Waals surface area contributed by atoms with E-state index >= 15 is 0 Å². The van der Waals surface area contributed by atoms with Gasteiger partial charge in [-0.05, 0) is 74.2 Å². The summed E-state index contributed by atoms with van der Waals surface area (Å²) in [5, 5.41) is 10.7. The molecule has 208 valence electrons. The molecule has 0 unspecified atom stereocenters. The summed E-state index contributed by atoms with van der Waals surface area (Å²) in [7, 11) is 0. The van der Waals surface area contributed by atoms with Crippen LogP contribution in [-0.4, -0.2) is 60.2 Å². The smallest absolute Gasteiger partial charge is 0.339 e. The summed E-state index contributed by atoms with van der Waals surface area (Å²) in [6.45, 7) is 5.03. The van der Waals surface area contributed by atoms with Gasteiger partial charge in [0.15, 0.2) is 11.5 Å². The minimum absolute atomic E-state index is 0.206. The van der Waals surface area contributed by atoms with Gasteiger partial charge in [0, 0.05) is 36.3 Å². The van der Waals surface area contributed by atoms with Crippen molar-refractivity contribution >= 4 is 16.9 Å². The van der Waals surface area contributed by atoms with Gasteiger partial charge in [-0.25, -0.2) is 4.79 Å². The number of benzene rings is 3. The Morgan fingerprint density at radius 3 is 2.58 bits per heavy atom. The third kappa shape index (κ3) is 5.72. The normalized spacial score (nSPS) is 15.4. The molecule has 0 spiro atoms. The number of para-hydroxylation sites is 2. The van der Waals surface area contributed by atoms with Gasteiger partial charge in [0.2, 0.25) is 6.79 Å². The molecule has 40 heavy (non-hydrogen) atoms. The molecule has 3 heterocycles. The number of ether oxygens (including phenoxy) is 4. The van der Waals surface area contributed by atoms with Gasteiger partial charge in [0.1, 0.15) is 23.7 Å². The molecular formula is C32H34N2O6. The minimum Gasteiger partial charge on any atom is -0.493 e. The van der Waals surface area contributed by atoms with E-state index in [-0.39, 0.29) is 12.4 Å². The van der Waals surface area contributed by atoms with Gasteiger partial charge in [-0.3, -0.25) is 4.90 Å². The Morgan fingerprint density at radius 1 is 0.900 bits per heavy atom. The molecule has 2 aliphatic heterocycles. The summed E-state index contributed by atoms with van der Waals surface area (Å²) in [5.41, 5.74) is 2.91. The summed E-state index contributed by atoms with van der Waals surface area (Å²) in [5.74, 6) is 2.28. The molecule has 2 aliphatic rings. The van der Waals surface area contributed by atoms with Crippen molar-refractivity contribution in [2.24, 2.45) is 0 Å². The molecule has 6 rings (SSSR count). The van der Waals surface area contributed by atoms with Crippen molar-refractivity contribution in [2.45, 2.75) is 31.7 Å². The van der Waals surface area contributed by atoms with Gasteiger partial charge >= 0.3 is 5.97 Å². The number of fused-ring (bicyclic) bond motifs is 2. The monoisotopic (exact) mass is 542 g/mol. The van der Waals surface area contributed by atoms with Gasteiger partial charge in [-0.15, -0.1) is 0 Å². The summed E-state index contributed by atoms with van der Waals surface area (Å²) >= 11 is 0. The second kappa shape index (κ2) is 11.9. The first kappa shape index (κ1) is 26.1. The van der Waals surface area contributed by atoms with Crippen LogP contribution in [0, 0.1) is 0 Å². The number of likely N-dealkylation sites (tertiary alicyclic amines) is 1. The number of carboxylic acid groups (broad SMARTS) is 1. The molecule has 0 aliphatic carbocycles. The summed E-state index contributed by atoms with van der Waals surface area (Å²) in [6, 6.07) is 21.2. The van der Waals surface area contributed by atoms with E-state index in [0.29, 0.717) is 24.9 Å². The molecular weight excluding hydrogens is 508 g/mol. The van der Waals surface area contributed by atoms with E-state index in [0.717, 1.165) is 62.7 Å². The molecule has 0 amide bonds. The lowest BCUT2D eigenvalue weighted by atomic mass is 9.89. The first-order valence-corrected chi connectivity index (χ1v) is 13.9. The van der Waals surface area contributed by atoms with Crippen LogP contribution in [0.15, 0.2) is 72.9 Å². The Bertz CT molecular complexity index is 1470. The summed E-state index contributed by atoms with van der Waals surface area (Å²) in [4.78, 5) is 13.8. The van der Waals surface area contributed by atoms with Crippen LogP contribution in [0.1, 0.15) is 41.1 Å². The zero-order chi connectivity index (χ0) is 27.3. The van der Waals surface area contributed by atoms with Crippen molar-refractivity contribution < 1.29 is 28.8 Å². The number of hydrogen-bond donors (Lipinski definition) is 1. The highest BCUT2D eigenvalue weighted by molar-refractivity contribution is 5.90. The fraction of sp³-hybridized carbons (Fsp3) is 0.344. The van der Waals surface area contributed by atoms with Crippen molar-refractivity contribution in [3.8, 4) is 23.0 Å². The maximum absolute atomic E-state index is 11.4. The van der Waals surface area contributed by atoms with Crippen molar-refractivity contribution in [3.05, 3.63) is 84.1 Å². The Hall–Kier alpha value is -4.17. The molecule has 8 nitrogen and oxygen atoms in total. The molecule has 3 aromatic carbocycles. The predicted molar refractivity (Wildman–Crippen MR) is 152 cm³/mol. The fourth-order valence-electron chi connectivity index (χ4n) is 5.70. The number of aromatic carboxylic acids is 1. The second-order valence-corrected chi connectivity index (χ2v) is 10.3. The number of rotatable bonds is 11. The largest absolute Gasteiger partial charge is 0.493 e. The van der Waals surface area contributed by atoms with E-state index in [4.69, 9.17) is 18.9 Å². The average molecular weight is 543 g/mol. The van der Waals surface area contributed by atoms with Gasteiger partial charge in [0.25, 0.3) is 0 Å². The first-order valence-electron chi connectivity index (χ1n) is 13.9. The fourth-order valence-corrected chi connectivity index (χ4v) is 5.70. The maximum Gasteiger partial charge on any atom is 0.339 e. The van der Waals surface area contributed by atoms with Crippen LogP contribution < -0.4 is 18.9 Å². The Kier molecular flexibility index (Phi) is 7.77. The molecule has 0 atom stereocenters.